The van der Waals surface area contributed by atoms with Crippen LogP contribution < -0.4 is 0 Å². The van der Waals surface area contributed by atoms with Gasteiger partial charge in [-0.15, -0.1) is 11.6 Å². The second kappa shape index (κ2) is 4.62. The quantitative estimate of drug-likeness (QED) is 0.624. The molecule has 2 rings (SSSR count). The average Bonchev–Trinajstić information content (AvgIpc) is 2.75. The minimum absolute atomic E-state index is 0.00775. The van der Waals surface area contributed by atoms with Crippen LogP contribution in [0, 0.1) is 5.92 Å². The fourth-order valence-electron chi connectivity index (χ4n) is 1.47. The second-order valence-electron chi connectivity index (χ2n) is 3.94. The van der Waals surface area contributed by atoms with Crippen LogP contribution >= 0.6 is 11.6 Å². The normalized spacial score (nSPS) is 14.0. The lowest BCUT2D eigenvalue weighted by atomic mass is 10.3. The zero-order valence-electron chi connectivity index (χ0n) is 9.25. The Morgan fingerprint density at radius 3 is 2.94 bits per heavy atom. The minimum Gasteiger partial charge on any atom is -0.223 e. The van der Waals surface area contributed by atoms with Crippen molar-refractivity contribution in [2.24, 2.45) is 5.92 Å². The molecule has 1 atom stereocenters. The van der Waals surface area contributed by atoms with Crippen LogP contribution in [0.15, 0.2) is 29.6 Å². The zero-order valence-corrected chi connectivity index (χ0v) is 10.8. The van der Waals surface area contributed by atoms with Crippen molar-refractivity contribution < 1.29 is 8.42 Å². The molecule has 2 heterocycles. The van der Waals surface area contributed by atoms with E-state index in [4.69, 9.17) is 11.6 Å². The molecule has 1 unspecified atom stereocenters. The van der Waals surface area contributed by atoms with Crippen LogP contribution in [0.25, 0.3) is 5.65 Å². The first-order valence-corrected chi connectivity index (χ1v) is 7.31. The van der Waals surface area contributed by atoms with Gasteiger partial charge in [0.25, 0.3) is 0 Å². The molecular weight excluding hydrogens is 262 g/mol. The predicted molar refractivity (Wildman–Crippen MR) is 64.9 cm³/mol. The largest absolute Gasteiger partial charge is 0.223 e. The smallest absolute Gasteiger partial charge is 0.196 e. The van der Waals surface area contributed by atoms with E-state index in [9.17, 15) is 8.42 Å². The van der Waals surface area contributed by atoms with E-state index in [2.05, 4.69) is 10.1 Å². The Hall–Kier alpha value is -1.14. The van der Waals surface area contributed by atoms with Crippen molar-refractivity contribution in [1.29, 1.82) is 0 Å². The second-order valence-corrected chi connectivity index (χ2v) is 6.23. The van der Waals surface area contributed by atoms with Gasteiger partial charge in [-0.2, -0.15) is 5.10 Å². The van der Waals surface area contributed by atoms with Crippen molar-refractivity contribution >= 4 is 27.1 Å². The SMILES string of the molecule is CC(CCl)CS(=O)(=O)c1ccn2nccc2n1. The van der Waals surface area contributed by atoms with Gasteiger partial charge in [0.15, 0.2) is 20.5 Å². The number of alkyl halides is 1. The average molecular weight is 274 g/mol. The summed E-state index contributed by atoms with van der Waals surface area (Å²) >= 11 is 5.62. The van der Waals surface area contributed by atoms with E-state index in [1.807, 2.05) is 0 Å². The lowest BCUT2D eigenvalue weighted by Crippen LogP contribution is -2.16. The minimum atomic E-state index is -3.38. The summed E-state index contributed by atoms with van der Waals surface area (Å²) < 4.78 is 25.6. The fraction of sp³-hybridized carbons (Fsp3) is 0.400. The van der Waals surface area contributed by atoms with Crippen molar-refractivity contribution in [3.8, 4) is 0 Å². The van der Waals surface area contributed by atoms with Crippen LogP contribution in [0.5, 0.6) is 0 Å². The van der Waals surface area contributed by atoms with E-state index in [0.717, 1.165) is 0 Å². The van der Waals surface area contributed by atoms with Crippen LogP contribution in [0.2, 0.25) is 0 Å². The summed E-state index contributed by atoms with van der Waals surface area (Å²) in [5.41, 5.74) is 0.518. The van der Waals surface area contributed by atoms with Gasteiger partial charge in [0.2, 0.25) is 0 Å². The molecule has 92 valence electrons. The molecule has 2 aromatic heterocycles. The molecule has 0 aliphatic carbocycles. The summed E-state index contributed by atoms with van der Waals surface area (Å²) in [4.78, 5) is 4.06. The molecule has 17 heavy (non-hydrogen) atoms. The van der Waals surface area contributed by atoms with Gasteiger partial charge >= 0.3 is 0 Å². The summed E-state index contributed by atoms with van der Waals surface area (Å²) in [6, 6.07) is 3.11. The van der Waals surface area contributed by atoms with E-state index in [0.29, 0.717) is 11.5 Å². The molecule has 0 aliphatic heterocycles. The highest BCUT2D eigenvalue weighted by Gasteiger charge is 2.20. The number of aromatic nitrogens is 3. The summed E-state index contributed by atoms with van der Waals surface area (Å²) in [5.74, 6) is 0.228. The third-order valence-corrected chi connectivity index (χ3v) is 4.72. The Balaban J connectivity index is 2.38. The molecule has 0 radical (unpaired) electrons. The molecule has 5 nitrogen and oxygen atoms in total. The highest BCUT2D eigenvalue weighted by atomic mass is 35.5. The Morgan fingerprint density at radius 2 is 2.24 bits per heavy atom. The lowest BCUT2D eigenvalue weighted by Gasteiger charge is -2.08. The number of rotatable bonds is 4. The monoisotopic (exact) mass is 273 g/mol. The molecule has 0 saturated carbocycles. The number of halogens is 1. The van der Waals surface area contributed by atoms with Crippen molar-refractivity contribution in [1.82, 2.24) is 14.6 Å². The van der Waals surface area contributed by atoms with E-state index in [-0.39, 0.29) is 16.7 Å². The van der Waals surface area contributed by atoms with Crippen molar-refractivity contribution in [3.05, 3.63) is 24.5 Å². The lowest BCUT2D eigenvalue weighted by molar-refractivity contribution is 0.579. The Bertz CT molecular complexity index is 623. The molecule has 0 amide bonds. The standard InChI is InChI=1S/C10H12ClN3O2S/c1-8(6-11)7-17(15,16)10-3-5-14-9(13-10)2-4-12-14/h2-5,8H,6-7H2,1H3. The van der Waals surface area contributed by atoms with Crippen molar-refractivity contribution in [2.45, 2.75) is 11.9 Å². The molecule has 7 heteroatoms. The Labute approximate surface area is 104 Å². The summed E-state index contributed by atoms with van der Waals surface area (Å²) in [5, 5.41) is 4.03. The molecule has 0 bridgehead atoms. The number of nitrogens with zero attached hydrogens (tertiary/aromatic N) is 3. The van der Waals surface area contributed by atoms with Crippen LogP contribution in [-0.2, 0) is 9.84 Å². The topological polar surface area (TPSA) is 64.3 Å². The van der Waals surface area contributed by atoms with Gasteiger partial charge < -0.3 is 0 Å². The Morgan fingerprint density at radius 1 is 1.47 bits per heavy atom. The molecule has 0 N–H and O–H groups in total. The summed E-state index contributed by atoms with van der Waals surface area (Å²) in [6.07, 6.45) is 3.15. The molecule has 2 aromatic rings. The highest BCUT2D eigenvalue weighted by Crippen LogP contribution is 2.13. The maximum absolute atomic E-state index is 12.0. The van der Waals surface area contributed by atoms with Gasteiger partial charge in [0.1, 0.15) is 0 Å². The van der Waals surface area contributed by atoms with Crippen LogP contribution in [-0.4, -0.2) is 34.6 Å². The van der Waals surface area contributed by atoms with Gasteiger partial charge in [-0.05, 0) is 12.0 Å². The van der Waals surface area contributed by atoms with Crippen LogP contribution in [0.4, 0.5) is 0 Å². The molecule has 0 fully saturated rings. The number of fused-ring (bicyclic) bond motifs is 1. The first-order chi connectivity index (χ1) is 8.03. The van der Waals surface area contributed by atoms with Crippen molar-refractivity contribution in [2.75, 3.05) is 11.6 Å². The Kier molecular flexibility index (Phi) is 3.35. The molecule has 0 saturated heterocycles. The maximum atomic E-state index is 12.0. The van der Waals surface area contributed by atoms with Gasteiger partial charge in [-0.3, -0.25) is 0 Å². The van der Waals surface area contributed by atoms with E-state index in [1.54, 1.807) is 25.4 Å². The van der Waals surface area contributed by atoms with Gasteiger partial charge in [-0.1, -0.05) is 6.92 Å². The van der Waals surface area contributed by atoms with Gasteiger partial charge in [0, 0.05) is 18.1 Å². The van der Waals surface area contributed by atoms with E-state index < -0.39 is 9.84 Å². The zero-order chi connectivity index (χ0) is 12.5. The molecule has 0 spiro atoms. The van der Waals surface area contributed by atoms with Gasteiger partial charge in [0.05, 0.1) is 11.9 Å². The molecule has 0 aromatic carbocycles. The third kappa shape index (κ3) is 2.58. The predicted octanol–water partition coefficient (Wildman–Crippen LogP) is 1.38. The number of hydrogen-bond donors (Lipinski definition) is 0. The van der Waals surface area contributed by atoms with Crippen molar-refractivity contribution in [3.63, 3.8) is 0 Å². The summed E-state index contributed by atoms with van der Waals surface area (Å²) in [6.45, 7) is 1.79. The van der Waals surface area contributed by atoms with E-state index in [1.165, 1.54) is 10.6 Å². The van der Waals surface area contributed by atoms with Crippen LogP contribution in [0.1, 0.15) is 6.92 Å². The third-order valence-electron chi connectivity index (χ3n) is 2.32. The first kappa shape index (κ1) is 12.3. The number of hydrogen-bond acceptors (Lipinski definition) is 4. The van der Waals surface area contributed by atoms with E-state index >= 15 is 0 Å². The maximum Gasteiger partial charge on any atom is 0.196 e. The van der Waals surface area contributed by atoms with Crippen LogP contribution in [0.3, 0.4) is 0 Å². The van der Waals surface area contributed by atoms with Gasteiger partial charge in [-0.25, -0.2) is 17.9 Å². The highest BCUT2D eigenvalue weighted by molar-refractivity contribution is 7.91. The fourth-order valence-corrected chi connectivity index (χ4v) is 3.25. The molecular formula is C10H12ClN3O2S. The number of sulfone groups is 1. The first-order valence-electron chi connectivity index (χ1n) is 5.12. The summed E-state index contributed by atoms with van der Waals surface area (Å²) in [7, 11) is -3.38. The molecule has 0 aliphatic rings.